The number of hydrogen-bond acceptors (Lipinski definition) is 5. The first-order chi connectivity index (χ1) is 10.0. The van der Waals surface area contributed by atoms with Crippen LogP contribution >= 0.6 is 0 Å². The van der Waals surface area contributed by atoms with E-state index in [4.69, 9.17) is 10.4 Å². The van der Waals surface area contributed by atoms with Crippen LogP contribution in [0.4, 0.5) is 5.95 Å². The van der Waals surface area contributed by atoms with Gasteiger partial charge in [-0.2, -0.15) is 5.26 Å². The molecule has 2 aromatic rings. The van der Waals surface area contributed by atoms with E-state index in [1.165, 1.54) is 6.20 Å². The van der Waals surface area contributed by atoms with Crippen LogP contribution in [0.1, 0.15) is 27.2 Å². The lowest BCUT2D eigenvalue weighted by atomic mass is 10.1. The second-order valence-corrected chi connectivity index (χ2v) is 4.64. The number of aryl methyl sites for hydroxylation is 1. The highest BCUT2D eigenvalue weighted by Gasteiger charge is 2.12. The van der Waals surface area contributed by atoms with E-state index in [-0.39, 0.29) is 5.56 Å². The first kappa shape index (κ1) is 14.5. The molecule has 0 unspecified atom stereocenters. The molecule has 106 valence electrons. The molecule has 0 amide bonds. The lowest BCUT2D eigenvalue weighted by Crippen LogP contribution is -2.20. The second kappa shape index (κ2) is 6.01. The Hall–Kier alpha value is -2.94. The number of rotatable bonds is 4. The Morgan fingerprint density at radius 1 is 1.48 bits per heavy atom. The average molecular weight is 282 g/mol. The predicted octanol–water partition coefficient (Wildman–Crippen LogP) is 1.99. The van der Waals surface area contributed by atoms with Crippen molar-refractivity contribution in [2.24, 2.45) is 0 Å². The van der Waals surface area contributed by atoms with Gasteiger partial charge >= 0.3 is 5.97 Å². The molecule has 1 heterocycles. The van der Waals surface area contributed by atoms with E-state index >= 15 is 0 Å². The van der Waals surface area contributed by atoms with Crippen LogP contribution in [0.2, 0.25) is 0 Å². The van der Waals surface area contributed by atoms with Crippen molar-refractivity contribution in [2.75, 3.05) is 11.9 Å². The number of carbonyl (C=O) groups is 1. The van der Waals surface area contributed by atoms with E-state index < -0.39 is 5.97 Å². The largest absolute Gasteiger partial charge is 0.478 e. The van der Waals surface area contributed by atoms with Gasteiger partial charge in [0, 0.05) is 19.8 Å². The summed E-state index contributed by atoms with van der Waals surface area (Å²) >= 11 is 0. The smallest absolute Gasteiger partial charge is 0.339 e. The minimum absolute atomic E-state index is 0.0960. The number of benzene rings is 1. The molecule has 1 N–H and O–H groups in total. The van der Waals surface area contributed by atoms with Crippen LogP contribution in [0.15, 0.2) is 30.5 Å². The average Bonchev–Trinajstić information content (AvgIpc) is 2.46. The molecule has 0 radical (unpaired) electrons. The van der Waals surface area contributed by atoms with Gasteiger partial charge in [0.05, 0.1) is 22.9 Å². The summed E-state index contributed by atoms with van der Waals surface area (Å²) in [6.45, 7) is 2.17. The summed E-state index contributed by atoms with van der Waals surface area (Å²) in [6, 6.07) is 9.37. The van der Waals surface area contributed by atoms with Crippen LogP contribution in [0.3, 0.4) is 0 Å². The quantitative estimate of drug-likeness (QED) is 0.922. The zero-order chi connectivity index (χ0) is 15.4. The fourth-order valence-electron chi connectivity index (χ4n) is 1.93. The highest BCUT2D eigenvalue weighted by molar-refractivity contribution is 5.88. The Bertz CT molecular complexity index is 722. The van der Waals surface area contributed by atoms with Crippen molar-refractivity contribution in [3.63, 3.8) is 0 Å². The number of hydrogen-bond donors (Lipinski definition) is 1. The van der Waals surface area contributed by atoms with E-state index in [9.17, 15) is 4.79 Å². The van der Waals surface area contributed by atoms with E-state index in [0.29, 0.717) is 23.8 Å². The fourth-order valence-corrected chi connectivity index (χ4v) is 1.93. The Balaban J connectivity index is 2.20. The van der Waals surface area contributed by atoms with Crippen molar-refractivity contribution in [3.8, 4) is 6.07 Å². The van der Waals surface area contributed by atoms with Crippen LogP contribution < -0.4 is 4.90 Å². The Kier molecular flexibility index (Phi) is 4.14. The molecule has 0 spiro atoms. The number of nitriles is 1. The maximum Gasteiger partial charge on any atom is 0.339 e. The first-order valence-corrected chi connectivity index (χ1v) is 6.28. The summed E-state index contributed by atoms with van der Waals surface area (Å²) in [5.74, 6) is -0.594. The van der Waals surface area contributed by atoms with Crippen molar-refractivity contribution in [2.45, 2.75) is 13.5 Å². The SMILES string of the molecule is Cc1nc(N(C)Cc2cccc(C#N)c2)ncc1C(=O)O. The highest BCUT2D eigenvalue weighted by Crippen LogP contribution is 2.14. The Morgan fingerprint density at radius 2 is 2.24 bits per heavy atom. The van der Waals surface area contributed by atoms with Crippen LogP contribution in [0.5, 0.6) is 0 Å². The molecule has 0 saturated heterocycles. The lowest BCUT2D eigenvalue weighted by Gasteiger charge is -2.17. The third-order valence-electron chi connectivity index (χ3n) is 3.01. The van der Waals surface area contributed by atoms with Gasteiger partial charge in [-0.1, -0.05) is 12.1 Å². The topological polar surface area (TPSA) is 90.1 Å². The molecule has 1 aromatic carbocycles. The molecular weight excluding hydrogens is 268 g/mol. The normalized spacial score (nSPS) is 9.95. The van der Waals surface area contributed by atoms with Gasteiger partial charge < -0.3 is 10.0 Å². The third-order valence-corrected chi connectivity index (χ3v) is 3.01. The molecule has 6 heteroatoms. The van der Waals surface area contributed by atoms with Gasteiger partial charge in [0.15, 0.2) is 0 Å². The van der Waals surface area contributed by atoms with Gasteiger partial charge in [0.2, 0.25) is 5.95 Å². The van der Waals surface area contributed by atoms with E-state index in [1.54, 1.807) is 24.0 Å². The summed E-state index contributed by atoms with van der Waals surface area (Å²) in [6.07, 6.45) is 1.31. The summed E-state index contributed by atoms with van der Waals surface area (Å²) in [5.41, 5.74) is 2.07. The first-order valence-electron chi connectivity index (χ1n) is 6.28. The minimum Gasteiger partial charge on any atom is -0.478 e. The van der Waals surface area contributed by atoms with E-state index in [2.05, 4.69) is 16.0 Å². The van der Waals surface area contributed by atoms with E-state index in [1.807, 2.05) is 19.2 Å². The standard InChI is InChI=1S/C15H14N4O2/c1-10-13(14(20)21)8-17-15(18-10)19(2)9-12-5-3-4-11(6-12)7-16/h3-6,8H,9H2,1-2H3,(H,20,21). The fraction of sp³-hybridized carbons (Fsp3) is 0.200. The van der Waals surface area contributed by atoms with Crippen molar-refractivity contribution in [1.82, 2.24) is 9.97 Å². The molecular formula is C15H14N4O2. The van der Waals surface area contributed by atoms with E-state index in [0.717, 1.165) is 5.56 Å². The van der Waals surface area contributed by atoms with Gasteiger partial charge in [-0.3, -0.25) is 0 Å². The number of aromatic carboxylic acids is 1. The minimum atomic E-state index is -1.04. The summed E-state index contributed by atoms with van der Waals surface area (Å²) < 4.78 is 0. The molecule has 0 bridgehead atoms. The van der Waals surface area contributed by atoms with Gasteiger partial charge in [-0.05, 0) is 24.6 Å². The predicted molar refractivity (Wildman–Crippen MR) is 77.0 cm³/mol. The number of carboxylic acid groups (broad SMARTS) is 1. The summed E-state index contributed by atoms with van der Waals surface area (Å²) in [4.78, 5) is 21.0. The molecule has 0 aliphatic carbocycles. The van der Waals surface area contributed by atoms with Crippen LogP contribution in [-0.2, 0) is 6.54 Å². The van der Waals surface area contributed by atoms with Crippen molar-refractivity contribution in [3.05, 3.63) is 52.8 Å². The van der Waals surface area contributed by atoms with Gasteiger partial charge in [-0.15, -0.1) is 0 Å². The number of aromatic nitrogens is 2. The van der Waals surface area contributed by atoms with Gasteiger partial charge in [-0.25, -0.2) is 14.8 Å². The van der Waals surface area contributed by atoms with Crippen LogP contribution in [0.25, 0.3) is 0 Å². The zero-order valence-electron chi connectivity index (χ0n) is 11.7. The molecule has 2 rings (SSSR count). The summed E-state index contributed by atoms with van der Waals surface area (Å²) in [7, 11) is 1.81. The molecule has 21 heavy (non-hydrogen) atoms. The van der Waals surface area contributed by atoms with Crippen molar-refractivity contribution < 1.29 is 9.90 Å². The van der Waals surface area contributed by atoms with Gasteiger partial charge in [0.1, 0.15) is 0 Å². The van der Waals surface area contributed by atoms with Crippen molar-refractivity contribution in [1.29, 1.82) is 5.26 Å². The third kappa shape index (κ3) is 3.34. The molecule has 6 nitrogen and oxygen atoms in total. The Labute approximate surface area is 122 Å². The van der Waals surface area contributed by atoms with Gasteiger partial charge in [0.25, 0.3) is 0 Å². The molecule has 0 aliphatic rings. The zero-order valence-corrected chi connectivity index (χ0v) is 11.7. The van der Waals surface area contributed by atoms with Crippen LogP contribution in [-0.4, -0.2) is 28.1 Å². The molecule has 0 atom stereocenters. The number of nitrogens with zero attached hydrogens (tertiary/aromatic N) is 4. The molecule has 0 aliphatic heterocycles. The van der Waals surface area contributed by atoms with Crippen LogP contribution in [0, 0.1) is 18.3 Å². The lowest BCUT2D eigenvalue weighted by molar-refractivity contribution is 0.0695. The highest BCUT2D eigenvalue weighted by atomic mass is 16.4. The number of anilines is 1. The molecule has 0 saturated carbocycles. The maximum atomic E-state index is 10.9. The van der Waals surface area contributed by atoms with Crippen molar-refractivity contribution >= 4 is 11.9 Å². The molecule has 1 aromatic heterocycles. The monoisotopic (exact) mass is 282 g/mol. The summed E-state index contributed by atoms with van der Waals surface area (Å²) in [5, 5.41) is 17.9. The number of carboxylic acids is 1. The second-order valence-electron chi connectivity index (χ2n) is 4.64. The Morgan fingerprint density at radius 3 is 2.86 bits per heavy atom. The maximum absolute atomic E-state index is 10.9. The molecule has 0 fully saturated rings.